The van der Waals surface area contributed by atoms with Gasteiger partial charge in [-0.05, 0) is 30.4 Å². The van der Waals surface area contributed by atoms with Gasteiger partial charge in [0.1, 0.15) is 17.9 Å². The van der Waals surface area contributed by atoms with Crippen molar-refractivity contribution in [3.63, 3.8) is 0 Å². The Hall–Kier alpha value is -3.52. The Morgan fingerprint density at radius 2 is 1.18 bits per heavy atom. The van der Waals surface area contributed by atoms with E-state index in [0.717, 1.165) is 43.2 Å². The van der Waals surface area contributed by atoms with Crippen molar-refractivity contribution < 1.29 is 29.0 Å². The SMILES string of the molecule is CC(C)C(=O)CCCCCCCCC(=O)NC(Cc1ccccc1)C(=O)OOC(=O)C(N)Cc1ccccc1. The highest BCUT2D eigenvalue weighted by molar-refractivity contribution is 5.85. The summed E-state index contributed by atoms with van der Waals surface area (Å²) in [6.45, 7) is 3.85. The van der Waals surface area contributed by atoms with Crippen LogP contribution in [0.4, 0.5) is 0 Å². The maximum absolute atomic E-state index is 12.8. The van der Waals surface area contributed by atoms with Crippen LogP contribution in [0.2, 0.25) is 0 Å². The number of amides is 1. The molecule has 8 nitrogen and oxygen atoms in total. The lowest BCUT2D eigenvalue weighted by Crippen LogP contribution is -2.44. The topological polar surface area (TPSA) is 125 Å². The monoisotopic (exact) mass is 538 g/mol. The molecule has 0 bridgehead atoms. The van der Waals surface area contributed by atoms with Crippen molar-refractivity contribution in [1.82, 2.24) is 5.32 Å². The second-order valence-corrected chi connectivity index (χ2v) is 10.2. The summed E-state index contributed by atoms with van der Waals surface area (Å²) >= 11 is 0. The first-order valence-corrected chi connectivity index (χ1v) is 13.8. The maximum Gasteiger partial charge on any atom is 0.377 e. The highest BCUT2D eigenvalue weighted by Gasteiger charge is 2.26. The third kappa shape index (κ3) is 13.2. The van der Waals surface area contributed by atoms with E-state index in [2.05, 4.69) is 5.32 Å². The van der Waals surface area contributed by atoms with Crippen molar-refractivity contribution in [2.24, 2.45) is 11.7 Å². The van der Waals surface area contributed by atoms with E-state index in [1.165, 1.54) is 0 Å². The van der Waals surface area contributed by atoms with Gasteiger partial charge in [0, 0.05) is 25.2 Å². The molecule has 0 radical (unpaired) electrons. The van der Waals surface area contributed by atoms with Crippen LogP contribution in [0.3, 0.4) is 0 Å². The van der Waals surface area contributed by atoms with E-state index in [1.54, 1.807) is 0 Å². The van der Waals surface area contributed by atoms with Crippen molar-refractivity contribution in [3.8, 4) is 0 Å². The third-order valence-corrected chi connectivity index (χ3v) is 6.43. The zero-order chi connectivity index (χ0) is 28.5. The Bertz CT molecular complexity index is 1030. The molecular formula is C31H42N2O6. The second-order valence-electron chi connectivity index (χ2n) is 10.2. The standard InChI is InChI=1S/C31H42N2O6/c1-23(2)28(34)19-13-5-3-4-6-14-20-29(35)33-27(22-25-17-11-8-12-18-25)31(37)39-38-30(36)26(32)21-24-15-9-7-10-16-24/h7-12,15-18,23,26-27H,3-6,13-14,19-22,32H2,1-2H3,(H,33,35). The summed E-state index contributed by atoms with van der Waals surface area (Å²) in [6, 6.07) is 16.4. The van der Waals surface area contributed by atoms with Crippen LogP contribution in [0.1, 0.15) is 76.3 Å². The number of carbonyl (C=O) groups is 4. The number of hydrogen-bond acceptors (Lipinski definition) is 7. The molecule has 2 aromatic rings. The summed E-state index contributed by atoms with van der Waals surface area (Å²) in [4.78, 5) is 58.8. The van der Waals surface area contributed by atoms with Crippen LogP contribution >= 0.6 is 0 Å². The van der Waals surface area contributed by atoms with Gasteiger partial charge in [-0.2, -0.15) is 0 Å². The van der Waals surface area contributed by atoms with Gasteiger partial charge in [0.15, 0.2) is 0 Å². The molecule has 0 fully saturated rings. The van der Waals surface area contributed by atoms with Gasteiger partial charge in [-0.1, -0.05) is 100 Å². The molecule has 0 aliphatic rings. The summed E-state index contributed by atoms with van der Waals surface area (Å²) in [5, 5.41) is 2.72. The van der Waals surface area contributed by atoms with E-state index < -0.39 is 24.0 Å². The Balaban J connectivity index is 1.77. The van der Waals surface area contributed by atoms with Gasteiger partial charge in [0.25, 0.3) is 0 Å². The van der Waals surface area contributed by atoms with Crippen LogP contribution < -0.4 is 11.1 Å². The van der Waals surface area contributed by atoms with E-state index >= 15 is 0 Å². The lowest BCUT2D eigenvalue weighted by atomic mass is 10.0. The van der Waals surface area contributed by atoms with Crippen LogP contribution in [0.15, 0.2) is 60.7 Å². The lowest BCUT2D eigenvalue weighted by Gasteiger charge is -2.17. The van der Waals surface area contributed by atoms with E-state index in [4.69, 9.17) is 15.5 Å². The van der Waals surface area contributed by atoms with E-state index in [0.29, 0.717) is 18.6 Å². The summed E-state index contributed by atoms with van der Waals surface area (Å²) < 4.78 is 0. The molecular weight excluding hydrogens is 496 g/mol. The summed E-state index contributed by atoms with van der Waals surface area (Å²) in [5.41, 5.74) is 7.57. The van der Waals surface area contributed by atoms with Crippen molar-refractivity contribution in [2.75, 3.05) is 0 Å². The highest BCUT2D eigenvalue weighted by atomic mass is 17.2. The minimum atomic E-state index is -1.02. The Morgan fingerprint density at radius 3 is 1.74 bits per heavy atom. The zero-order valence-corrected chi connectivity index (χ0v) is 23.1. The number of Topliss-reactive ketones (excluding diaryl/α,β-unsaturated/α-hetero) is 1. The zero-order valence-electron chi connectivity index (χ0n) is 23.1. The number of unbranched alkanes of at least 4 members (excludes halogenated alkanes) is 5. The van der Waals surface area contributed by atoms with Gasteiger partial charge in [-0.15, -0.1) is 0 Å². The second kappa shape index (κ2) is 17.9. The number of benzene rings is 2. The summed E-state index contributed by atoms with van der Waals surface area (Å²) in [6.07, 6.45) is 6.81. The van der Waals surface area contributed by atoms with Crippen LogP contribution in [0.25, 0.3) is 0 Å². The molecule has 0 aliphatic heterocycles. The molecule has 3 N–H and O–H groups in total. The summed E-state index contributed by atoms with van der Waals surface area (Å²) in [7, 11) is 0. The molecule has 0 aromatic heterocycles. The van der Waals surface area contributed by atoms with Crippen molar-refractivity contribution in [3.05, 3.63) is 71.8 Å². The van der Waals surface area contributed by atoms with Gasteiger partial charge in [-0.3, -0.25) is 9.59 Å². The molecule has 0 spiro atoms. The fourth-order valence-electron chi connectivity index (χ4n) is 4.04. The van der Waals surface area contributed by atoms with E-state index in [9.17, 15) is 19.2 Å². The number of ketones is 1. The van der Waals surface area contributed by atoms with Crippen molar-refractivity contribution in [2.45, 2.75) is 90.1 Å². The minimum absolute atomic E-state index is 0.0933. The van der Waals surface area contributed by atoms with Crippen LogP contribution in [-0.2, 0) is 41.8 Å². The molecule has 0 aliphatic carbocycles. The smallest absolute Gasteiger partial charge is 0.342 e. The average molecular weight is 539 g/mol. The maximum atomic E-state index is 12.8. The fraction of sp³-hybridized carbons (Fsp3) is 0.484. The Labute approximate surface area is 231 Å². The number of rotatable bonds is 17. The predicted octanol–water partition coefficient (Wildman–Crippen LogP) is 4.63. The fourth-order valence-corrected chi connectivity index (χ4v) is 4.04. The summed E-state index contributed by atoms with van der Waals surface area (Å²) in [5.74, 6) is -1.62. The van der Waals surface area contributed by atoms with Gasteiger partial charge in [0.2, 0.25) is 5.91 Å². The number of nitrogens with one attached hydrogen (secondary N) is 1. The van der Waals surface area contributed by atoms with Crippen LogP contribution in [0.5, 0.6) is 0 Å². The quantitative estimate of drug-likeness (QED) is 0.171. The molecule has 8 heteroatoms. The van der Waals surface area contributed by atoms with E-state index in [1.807, 2.05) is 74.5 Å². The van der Waals surface area contributed by atoms with Crippen molar-refractivity contribution >= 4 is 23.6 Å². The first-order chi connectivity index (χ1) is 18.8. The van der Waals surface area contributed by atoms with Gasteiger partial charge >= 0.3 is 11.9 Å². The highest BCUT2D eigenvalue weighted by Crippen LogP contribution is 2.12. The molecule has 1 amide bonds. The number of nitrogens with two attached hydrogens (primary N) is 1. The first-order valence-electron chi connectivity index (χ1n) is 13.8. The lowest BCUT2D eigenvalue weighted by molar-refractivity contribution is -0.261. The normalized spacial score (nSPS) is 12.4. The molecule has 2 rings (SSSR count). The van der Waals surface area contributed by atoms with Crippen LogP contribution in [0, 0.1) is 5.92 Å². The first kappa shape index (κ1) is 31.7. The number of hydrogen-bond donors (Lipinski definition) is 2. The predicted molar refractivity (Wildman–Crippen MR) is 149 cm³/mol. The molecule has 0 saturated carbocycles. The molecule has 2 atom stereocenters. The average Bonchev–Trinajstić information content (AvgIpc) is 2.93. The Morgan fingerprint density at radius 1 is 0.692 bits per heavy atom. The molecule has 0 saturated heterocycles. The van der Waals surface area contributed by atoms with E-state index in [-0.39, 0.29) is 31.1 Å². The third-order valence-electron chi connectivity index (χ3n) is 6.43. The number of carbonyl (C=O) groups excluding carboxylic acids is 4. The van der Waals surface area contributed by atoms with Crippen molar-refractivity contribution in [1.29, 1.82) is 0 Å². The van der Waals surface area contributed by atoms with Crippen LogP contribution in [-0.4, -0.2) is 35.7 Å². The molecule has 212 valence electrons. The minimum Gasteiger partial charge on any atom is -0.342 e. The largest absolute Gasteiger partial charge is 0.377 e. The molecule has 0 heterocycles. The molecule has 2 unspecified atom stereocenters. The van der Waals surface area contributed by atoms with Gasteiger partial charge < -0.3 is 11.1 Å². The molecule has 2 aromatic carbocycles. The van der Waals surface area contributed by atoms with Gasteiger partial charge in [-0.25, -0.2) is 19.4 Å². The van der Waals surface area contributed by atoms with Gasteiger partial charge in [0.05, 0.1) is 0 Å². The Kier molecular flexibility index (Phi) is 14.5. The molecule has 39 heavy (non-hydrogen) atoms.